The first-order valence-electron chi connectivity index (χ1n) is 9.33. The van der Waals surface area contributed by atoms with Crippen molar-refractivity contribution in [2.45, 2.75) is 58.5 Å². The molecule has 25 heavy (non-hydrogen) atoms. The van der Waals surface area contributed by atoms with Crippen LogP contribution >= 0.6 is 0 Å². The first-order valence-corrected chi connectivity index (χ1v) is 9.33. The number of rotatable bonds is 6. The van der Waals surface area contributed by atoms with Gasteiger partial charge in [0.1, 0.15) is 0 Å². The predicted molar refractivity (Wildman–Crippen MR) is 100 cm³/mol. The molecule has 5 nitrogen and oxygen atoms in total. The van der Waals surface area contributed by atoms with E-state index >= 15 is 0 Å². The summed E-state index contributed by atoms with van der Waals surface area (Å²) in [6.45, 7) is 7.79. The van der Waals surface area contributed by atoms with E-state index in [1.165, 1.54) is 0 Å². The molecule has 0 aromatic heterocycles. The molecule has 5 heteroatoms. The maximum Gasteiger partial charge on any atom is 0.253 e. The van der Waals surface area contributed by atoms with Gasteiger partial charge in [-0.15, -0.1) is 0 Å². The molecule has 3 N–H and O–H groups in total. The van der Waals surface area contributed by atoms with Gasteiger partial charge in [0, 0.05) is 30.7 Å². The number of nitrogens with one attached hydrogen (secondary N) is 1. The highest BCUT2D eigenvalue weighted by molar-refractivity contribution is 5.94. The van der Waals surface area contributed by atoms with Crippen LogP contribution in [0.2, 0.25) is 0 Å². The molecule has 0 heterocycles. The molecule has 2 unspecified atom stereocenters. The third-order valence-corrected chi connectivity index (χ3v) is 5.29. The highest BCUT2D eigenvalue weighted by atomic mass is 16.2. The predicted octanol–water partition coefficient (Wildman–Crippen LogP) is 2.69. The Morgan fingerprint density at radius 2 is 1.84 bits per heavy atom. The van der Waals surface area contributed by atoms with Gasteiger partial charge < -0.3 is 16.0 Å². The summed E-state index contributed by atoms with van der Waals surface area (Å²) in [6, 6.07) is 7.46. The van der Waals surface area contributed by atoms with E-state index in [2.05, 4.69) is 5.32 Å². The van der Waals surface area contributed by atoms with Gasteiger partial charge in [0.25, 0.3) is 5.91 Å². The molecular weight excluding hydrogens is 314 g/mol. The van der Waals surface area contributed by atoms with Crippen LogP contribution in [0, 0.1) is 5.92 Å². The summed E-state index contributed by atoms with van der Waals surface area (Å²) >= 11 is 0. The fraction of sp³-hybridized carbons (Fsp3) is 0.600. The molecule has 2 rings (SSSR count). The van der Waals surface area contributed by atoms with Crippen LogP contribution in [-0.2, 0) is 11.3 Å². The summed E-state index contributed by atoms with van der Waals surface area (Å²) in [6.07, 6.45) is 3.91. The zero-order valence-electron chi connectivity index (χ0n) is 15.7. The standard InChI is InChI=1S/C20H31N3O2/c1-4-23(5-2)19(25)16-11-9-15(10-12-16)14-22-18(24)17-8-6-7-13-20(17,3)21/h9-12,17H,4-8,13-14,21H2,1-3H3,(H,22,24). The summed E-state index contributed by atoms with van der Waals surface area (Å²) in [4.78, 5) is 26.6. The molecule has 2 atom stereocenters. The van der Waals surface area contributed by atoms with E-state index < -0.39 is 5.54 Å². The van der Waals surface area contributed by atoms with Gasteiger partial charge in [-0.05, 0) is 51.3 Å². The average molecular weight is 345 g/mol. The zero-order valence-corrected chi connectivity index (χ0v) is 15.7. The van der Waals surface area contributed by atoms with Crippen molar-refractivity contribution in [3.05, 3.63) is 35.4 Å². The minimum atomic E-state index is -0.414. The van der Waals surface area contributed by atoms with Crippen molar-refractivity contribution < 1.29 is 9.59 Å². The second-order valence-corrected chi connectivity index (χ2v) is 7.20. The second kappa shape index (κ2) is 8.48. The number of carbonyl (C=O) groups excluding carboxylic acids is 2. The van der Waals surface area contributed by atoms with Crippen LogP contribution in [0.25, 0.3) is 0 Å². The quantitative estimate of drug-likeness (QED) is 0.832. The molecule has 1 aliphatic carbocycles. The van der Waals surface area contributed by atoms with Crippen LogP contribution in [0.3, 0.4) is 0 Å². The lowest BCUT2D eigenvalue weighted by Gasteiger charge is -2.37. The lowest BCUT2D eigenvalue weighted by Crippen LogP contribution is -2.52. The molecule has 1 fully saturated rings. The molecule has 1 aliphatic rings. The van der Waals surface area contributed by atoms with Crippen LogP contribution in [0.15, 0.2) is 24.3 Å². The van der Waals surface area contributed by atoms with Crippen LogP contribution < -0.4 is 11.1 Å². The lowest BCUT2D eigenvalue weighted by atomic mass is 9.74. The molecule has 0 spiro atoms. The number of benzene rings is 1. The van der Waals surface area contributed by atoms with Crippen molar-refractivity contribution in [1.29, 1.82) is 0 Å². The minimum absolute atomic E-state index is 0.0352. The van der Waals surface area contributed by atoms with Crippen molar-refractivity contribution in [1.82, 2.24) is 10.2 Å². The van der Waals surface area contributed by atoms with Crippen LogP contribution in [0.1, 0.15) is 62.4 Å². The number of nitrogens with two attached hydrogens (primary N) is 1. The third kappa shape index (κ3) is 4.82. The van der Waals surface area contributed by atoms with Gasteiger partial charge in [-0.3, -0.25) is 9.59 Å². The Balaban J connectivity index is 1.93. The first-order chi connectivity index (χ1) is 11.9. The van der Waals surface area contributed by atoms with Gasteiger partial charge in [-0.1, -0.05) is 25.0 Å². The molecule has 0 bridgehead atoms. The highest BCUT2D eigenvalue weighted by Crippen LogP contribution is 2.31. The summed E-state index contributed by atoms with van der Waals surface area (Å²) in [5, 5.41) is 3.00. The van der Waals surface area contributed by atoms with Crippen molar-refractivity contribution in [2.24, 2.45) is 11.7 Å². The van der Waals surface area contributed by atoms with Gasteiger partial charge in [0.15, 0.2) is 0 Å². The van der Waals surface area contributed by atoms with Gasteiger partial charge in [-0.25, -0.2) is 0 Å². The van der Waals surface area contributed by atoms with Gasteiger partial charge in [-0.2, -0.15) is 0 Å². The molecule has 1 saturated carbocycles. The van der Waals surface area contributed by atoms with E-state index in [-0.39, 0.29) is 17.7 Å². The topological polar surface area (TPSA) is 75.4 Å². The Hall–Kier alpha value is -1.88. The summed E-state index contributed by atoms with van der Waals surface area (Å²) < 4.78 is 0. The highest BCUT2D eigenvalue weighted by Gasteiger charge is 2.37. The number of hydrogen-bond acceptors (Lipinski definition) is 3. The van der Waals surface area contributed by atoms with Gasteiger partial charge in [0.05, 0.1) is 5.92 Å². The van der Waals surface area contributed by atoms with E-state index in [1.54, 1.807) is 4.90 Å². The molecule has 2 amide bonds. The fourth-order valence-corrected chi connectivity index (χ4v) is 3.56. The van der Waals surface area contributed by atoms with Crippen LogP contribution in [0.4, 0.5) is 0 Å². The molecular formula is C20H31N3O2. The number of amides is 2. The van der Waals surface area contributed by atoms with Crippen LogP contribution in [0.5, 0.6) is 0 Å². The normalized spacial score (nSPS) is 23.1. The summed E-state index contributed by atoms with van der Waals surface area (Å²) in [5.41, 5.74) is 7.55. The molecule has 1 aromatic rings. The van der Waals surface area contributed by atoms with E-state index in [9.17, 15) is 9.59 Å². The number of carbonyl (C=O) groups is 2. The van der Waals surface area contributed by atoms with Crippen molar-refractivity contribution >= 4 is 11.8 Å². The van der Waals surface area contributed by atoms with E-state index in [1.807, 2.05) is 45.0 Å². The second-order valence-electron chi connectivity index (χ2n) is 7.20. The van der Waals surface area contributed by atoms with E-state index in [4.69, 9.17) is 5.73 Å². The molecule has 0 saturated heterocycles. The first kappa shape index (κ1) is 19.4. The Morgan fingerprint density at radius 1 is 1.20 bits per heavy atom. The fourth-order valence-electron chi connectivity index (χ4n) is 3.56. The van der Waals surface area contributed by atoms with Gasteiger partial charge >= 0.3 is 0 Å². The van der Waals surface area contributed by atoms with E-state index in [0.717, 1.165) is 31.2 Å². The molecule has 138 valence electrons. The monoisotopic (exact) mass is 345 g/mol. The Kier molecular flexibility index (Phi) is 6.59. The number of nitrogens with zero attached hydrogens (tertiary/aromatic N) is 1. The van der Waals surface area contributed by atoms with Crippen LogP contribution in [-0.4, -0.2) is 35.3 Å². The summed E-state index contributed by atoms with van der Waals surface area (Å²) in [7, 11) is 0. The van der Waals surface area contributed by atoms with Crippen molar-refractivity contribution in [3.8, 4) is 0 Å². The Morgan fingerprint density at radius 3 is 2.40 bits per heavy atom. The van der Waals surface area contributed by atoms with Gasteiger partial charge in [0.2, 0.25) is 5.91 Å². The average Bonchev–Trinajstić information content (AvgIpc) is 2.60. The third-order valence-electron chi connectivity index (χ3n) is 5.29. The SMILES string of the molecule is CCN(CC)C(=O)c1ccc(CNC(=O)C2CCCCC2(C)N)cc1. The molecule has 1 aromatic carbocycles. The maximum absolute atomic E-state index is 12.5. The number of hydrogen-bond donors (Lipinski definition) is 2. The Bertz CT molecular complexity index is 591. The Labute approximate surface area is 151 Å². The van der Waals surface area contributed by atoms with Crippen molar-refractivity contribution in [3.63, 3.8) is 0 Å². The minimum Gasteiger partial charge on any atom is -0.352 e. The molecule has 0 radical (unpaired) electrons. The molecule has 0 aliphatic heterocycles. The van der Waals surface area contributed by atoms with E-state index in [0.29, 0.717) is 25.2 Å². The smallest absolute Gasteiger partial charge is 0.253 e. The summed E-state index contributed by atoms with van der Waals surface area (Å²) in [5.74, 6) is -0.0422. The zero-order chi connectivity index (χ0) is 18.4. The maximum atomic E-state index is 12.5. The largest absolute Gasteiger partial charge is 0.352 e. The van der Waals surface area contributed by atoms with Crippen molar-refractivity contribution in [2.75, 3.05) is 13.1 Å². The lowest BCUT2D eigenvalue weighted by molar-refractivity contribution is -0.128.